The fourth-order valence-electron chi connectivity index (χ4n) is 2.28. The Labute approximate surface area is 157 Å². The first kappa shape index (κ1) is 19.2. The van der Waals surface area contributed by atoms with E-state index in [1.807, 2.05) is 13.0 Å². The molecule has 0 spiro atoms. The lowest BCUT2D eigenvalue weighted by atomic mass is 10.2. The van der Waals surface area contributed by atoms with Crippen molar-refractivity contribution in [3.8, 4) is 5.75 Å². The first-order valence-electron chi connectivity index (χ1n) is 7.78. The van der Waals surface area contributed by atoms with Crippen LogP contribution in [0.3, 0.4) is 0 Å². The maximum absolute atomic E-state index is 12.5. The number of alkyl halides is 2. The third-order valence-electron chi connectivity index (χ3n) is 3.57. The second-order valence-corrected chi connectivity index (χ2v) is 8.31. The third kappa shape index (κ3) is 4.06. The largest absolute Gasteiger partial charge is 0.494 e. The number of carbonyl (C=O) groups is 1. The molecular weight excluding hydrogens is 398 g/mol. The zero-order chi connectivity index (χ0) is 19.6. The van der Waals surface area contributed by atoms with E-state index in [2.05, 4.69) is 10.3 Å². The molecule has 2 aromatic carbocycles. The van der Waals surface area contributed by atoms with Crippen molar-refractivity contribution < 1.29 is 26.7 Å². The predicted molar refractivity (Wildman–Crippen MR) is 98.4 cm³/mol. The smallest absolute Gasteiger partial charge is 0.341 e. The summed E-state index contributed by atoms with van der Waals surface area (Å²) in [6, 6.07) is 9.66. The van der Waals surface area contributed by atoms with Gasteiger partial charge in [0, 0.05) is 5.56 Å². The van der Waals surface area contributed by atoms with Gasteiger partial charge in [0.25, 0.3) is 5.91 Å². The normalized spacial score (nSPS) is 11.7. The van der Waals surface area contributed by atoms with Gasteiger partial charge in [-0.1, -0.05) is 11.3 Å². The lowest BCUT2D eigenvalue weighted by Gasteiger charge is -2.05. The van der Waals surface area contributed by atoms with Crippen LogP contribution in [0.2, 0.25) is 0 Å². The number of halogens is 2. The molecule has 0 saturated carbocycles. The molecule has 1 amide bonds. The number of carbonyl (C=O) groups excluding carboxylic acids is 1. The molecule has 142 valence electrons. The molecule has 0 saturated heterocycles. The van der Waals surface area contributed by atoms with E-state index in [0.29, 0.717) is 23.0 Å². The maximum atomic E-state index is 12.5. The Morgan fingerprint density at radius 1 is 1.22 bits per heavy atom. The molecule has 1 heterocycles. The Morgan fingerprint density at radius 3 is 2.56 bits per heavy atom. The van der Waals surface area contributed by atoms with E-state index in [9.17, 15) is 22.0 Å². The molecule has 6 nitrogen and oxygen atoms in total. The standard InChI is InChI=1S/C17H14F2N2O4S2/c1-2-25-11-5-8-13-14(9-11)26-17(20-13)21-15(22)10-3-6-12(7-4-10)27(23,24)16(18)19/h3-9,16H,2H2,1H3,(H,20,21,22). The van der Waals surface area contributed by atoms with Gasteiger partial charge in [-0.2, -0.15) is 8.78 Å². The van der Waals surface area contributed by atoms with Crippen LogP contribution in [0.25, 0.3) is 10.2 Å². The van der Waals surface area contributed by atoms with E-state index in [4.69, 9.17) is 4.74 Å². The molecule has 0 aliphatic heterocycles. The molecule has 0 aliphatic carbocycles. The van der Waals surface area contributed by atoms with Crippen LogP contribution >= 0.6 is 11.3 Å². The topological polar surface area (TPSA) is 85.4 Å². The van der Waals surface area contributed by atoms with Crippen LogP contribution in [0.5, 0.6) is 5.75 Å². The maximum Gasteiger partial charge on any atom is 0.341 e. The molecule has 0 unspecified atom stereocenters. The highest BCUT2D eigenvalue weighted by Gasteiger charge is 2.26. The van der Waals surface area contributed by atoms with Crippen molar-refractivity contribution in [1.82, 2.24) is 4.98 Å². The van der Waals surface area contributed by atoms with Crippen LogP contribution in [-0.2, 0) is 9.84 Å². The Kier molecular flexibility index (Phi) is 5.38. The molecule has 0 radical (unpaired) electrons. The summed E-state index contributed by atoms with van der Waals surface area (Å²) in [6.07, 6.45) is 0. The van der Waals surface area contributed by atoms with E-state index < -0.39 is 26.4 Å². The van der Waals surface area contributed by atoms with Gasteiger partial charge >= 0.3 is 5.76 Å². The van der Waals surface area contributed by atoms with E-state index in [1.165, 1.54) is 23.5 Å². The van der Waals surface area contributed by atoms with Crippen molar-refractivity contribution in [1.29, 1.82) is 0 Å². The Morgan fingerprint density at radius 2 is 1.93 bits per heavy atom. The van der Waals surface area contributed by atoms with Gasteiger partial charge in [-0.25, -0.2) is 13.4 Å². The summed E-state index contributed by atoms with van der Waals surface area (Å²) in [4.78, 5) is 16.0. The van der Waals surface area contributed by atoms with Crippen LogP contribution < -0.4 is 10.1 Å². The minimum Gasteiger partial charge on any atom is -0.494 e. The second kappa shape index (κ2) is 7.57. The van der Waals surface area contributed by atoms with Gasteiger partial charge in [-0.3, -0.25) is 10.1 Å². The van der Waals surface area contributed by atoms with Crippen LogP contribution in [-0.4, -0.2) is 31.7 Å². The third-order valence-corrected chi connectivity index (χ3v) is 5.90. The summed E-state index contributed by atoms with van der Waals surface area (Å²) >= 11 is 1.25. The number of anilines is 1. The Hall–Kier alpha value is -2.59. The quantitative estimate of drug-likeness (QED) is 0.663. The van der Waals surface area contributed by atoms with Gasteiger partial charge in [0.2, 0.25) is 9.84 Å². The molecule has 0 bridgehead atoms. The number of nitrogens with zero attached hydrogens (tertiary/aromatic N) is 1. The molecule has 3 rings (SSSR count). The Balaban J connectivity index is 1.78. The minimum absolute atomic E-state index is 0.123. The van der Waals surface area contributed by atoms with E-state index in [0.717, 1.165) is 16.8 Å². The number of ether oxygens (including phenoxy) is 1. The van der Waals surface area contributed by atoms with Crippen LogP contribution in [0.1, 0.15) is 17.3 Å². The zero-order valence-electron chi connectivity index (χ0n) is 14.0. The number of amides is 1. The van der Waals surface area contributed by atoms with Crippen LogP contribution in [0, 0.1) is 0 Å². The number of fused-ring (bicyclic) bond motifs is 1. The fourth-order valence-corrected chi connectivity index (χ4v) is 3.89. The van der Waals surface area contributed by atoms with Crippen LogP contribution in [0.4, 0.5) is 13.9 Å². The molecule has 1 N–H and O–H groups in total. The molecule has 27 heavy (non-hydrogen) atoms. The number of rotatable bonds is 6. The molecule has 0 aliphatic rings. The van der Waals surface area contributed by atoms with E-state index in [-0.39, 0.29) is 5.56 Å². The van der Waals surface area contributed by atoms with Crippen LogP contribution in [0.15, 0.2) is 47.4 Å². The Bertz CT molecular complexity index is 1080. The highest BCUT2D eigenvalue weighted by molar-refractivity contribution is 7.91. The number of sulfone groups is 1. The summed E-state index contributed by atoms with van der Waals surface area (Å²) in [5.41, 5.74) is 0.814. The molecular formula is C17H14F2N2O4S2. The molecule has 3 aromatic rings. The van der Waals surface area contributed by atoms with E-state index >= 15 is 0 Å². The van der Waals surface area contributed by atoms with E-state index in [1.54, 1.807) is 12.1 Å². The molecule has 0 atom stereocenters. The minimum atomic E-state index is -4.69. The van der Waals surface area contributed by atoms with Gasteiger partial charge in [-0.15, -0.1) is 0 Å². The van der Waals surface area contributed by atoms with Gasteiger partial charge in [0.1, 0.15) is 5.75 Å². The van der Waals surface area contributed by atoms with Gasteiger partial charge in [-0.05, 0) is 49.4 Å². The SMILES string of the molecule is CCOc1ccc2nc(NC(=O)c3ccc(S(=O)(=O)C(F)F)cc3)sc2c1. The summed E-state index contributed by atoms with van der Waals surface area (Å²) in [7, 11) is -4.69. The summed E-state index contributed by atoms with van der Waals surface area (Å²) in [6.45, 7) is 2.41. The molecule has 10 heteroatoms. The monoisotopic (exact) mass is 412 g/mol. The average Bonchev–Trinajstić information content (AvgIpc) is 3.03. The lowest BCUT2D eigenvalue weighted by molar-refractivity contribution is 0.102. The highest BCUT2D eigenvalue weighted by atomic mass is 32.2. The highest BCUT2D eigenvalue weighted by Crippen LogP contribution is 2.29. The van der Waals surface area contributed by atoms with Crippen molar-refractivity contribution in [3.05, 3.63) is 48.0 Å². The first-order valence-corrected chi connectivity index (χ1v) is 10.1. The number of nitrogens with one attached hydrogen (secondary N) is 1. The van der Waals surface area contributed by atoms with Crippen molar-refractivity contribution in [3.63, 3.8) is 0 Å². The van der Waals surface area contributed by atoms with Crippen molar-refractivity contribution >= 4 is 42.4 Å². The number of aromatic nitrogens is 1. The van der Waals surface area contributed by atoms with Gasteiger partial charge in [0.05, 0.1) is 21.7 Å². The average molecular weight is 412 g/mol. The lowest BCUT2D eigenvalue weighted by Crippen LogP contribution is -2.14. The van der Waals surface area contributed by atoms with Gasteiger partial charge < -0.3 is 4.74 Å². The summed E-state index contributed by atoms with van der Waals surface area (Å²) in [5.74, 6) is -3.34. The summed E-state index contributed by atoms with van der Waals surface area (Å²) < 4.78 is 54.1. The predicted octanol–water partition coefficient (Wildman–Crippen LogP) is 3.94. The fraction of sp³-hybridized carbons (Fsp3) is 0.176. The van der Waals surface area contributed by atoms with Crippen molar-refractivity contribution in [2.45, 2.75) is 17.6 Å². The number of thiazole rings is 1. The number of benzene rings is 2. The first-order chi connectivity index (χ1) is 12.8. The second-order valence-electron chi connectivity index (χ2n) is 5.37. The number of hydrogen-bond acceptors (Lipinski definition) is 6. The molecule has 0 fully saturated rings. The summed E-state index contributed by atoms with van der Waals surface area (Å²) in [5, 5.41) is 2.96. The molecule has 1 aromatic heterocycles. The van der Waals surface area contributed by atoms with Crippen molar-refractivity contribution in [2.24, 2.45) is 0 Å². The van der Waals surface area contributed by atoms with Crippen molar-refractivity contribution in [2.75, 3.05) is 11.9 Å². The van der Waals surface area contributed by atoms with Gasteiger partial charge in [0.15, 0.2) is 5.13 Å². The zero-order valence-corrected chi connectivity index (χ0v) is 15.6. The number of hydrogen-bond donors (Lipinski definition) is 1.